The van der Waals surface area contributed by atoms with Gasteiger partial charge in [-0.15, -0.1) is 0 Å². The Kier molecular flexibility index (Phi) is 6.43. The molecular weight excluding hydrogens is 422 g/mol. The number of hydrogen-bond donors (Lipinski definition) is 0. The second kappa shape index (κ2) is 9.06. The number of benzene rings is 2. The largest absolute Gasteiger partial charge is 0.337 e. The van der Waals surface area contributed by atoms with Crippen molar-refractivity contribution < 1.29 is 13.2 Å². The molecule has 0 radical (unpaired) electrons. The molecule has 0 bridgehead atoms. The van der Waals surface area contributed by atoms with Gasteiger partial charge >= 0.3 is 0 Å². The Labute approximate surface area is 183 Å². The number of halogens is 1. The van der Waals surface area contributed by atoms with Gasteiger partial charge in [0.05, 0.1) is 10.9 Å². The maximum Gasteiger partial charge on any atom is 0.243 e. The van der Waals surface area contributed by atoms with Crippen LogP contribution in [0.3, 0.4) is 0 Å². The van der Waals surface area contributed by atoms with Crippen LogP contribution in [0.5, 0.6) is 0 Å². The van der Waals surface area contributed by atoms with Crippen LogP contribution in [0.25, 0.3) is 0 Å². The van der Waals surface area contributed by atoms with Crippen molar-refractivity contribution in [1.82, 2.24) is 14.1 Å². The SMILES string of the molecule is O=C1[C@H](N2CCCN(S(=O)(=O)c3cccc(Cl)c3)CC2)CCN1Cc1ccccc1. The van der Waals surface area contributed by atoms with Gasteiger partial charge in [0.15, 0.2) is 0 Å². The van der Waals surface area contributed by atoms with E-state index in [2.05, 4.69) is 4.90 Å². The van der Waals surface area contributed by atoms with Gasteiger partial charge in [-0.05, 0) is 36.6 Å². The summed E-state index contributed by atoms with van der Waals surface area (Å²) in [5.74, 6) is 0.144. The highest BCUT2D eigenvalue weighted by atomic mass is 35.5. The first kappa shape index (κ1) is 21.3. The average molecular weight is 448 g/mol. The molecule has 0 N–H and O–H groups in total. The van der Waals surface area contributed by atoms with Crippen molar-refractivity contribution in [3.63, 3.8) is 0 Å². The zero-order valence-corrected chi connectivity index (χ0v) is 18.4. The molecule has 0 spiro atoms. The van der Waals surface area contributed by atoms with Crippen LogP contribution < -0.4 is 0 Å². The molecule has 1 atom stereocenters. The summed E-state index contributed by atoms with van der Waals surface area (Å²) in [6, 6.07) is 16.2. The number of hydrogen-bond acceptors (Lipinski definition) is 4. The number of sulfonamides is 1. The highest BCUT2D eigenvalue weighted by Gasteiger charge is 2.37. The zero-order chi connectivity index (χ0) is 21.1. The highest BCUT2D eigenvalue weighted by molar-refractivity contribution is 7.89. The number of likely N-dealkylation sites (tertiary alicyclic amines) is 1. The molecule has 1 amide bonds. The molecule has 2 aliphatic rings. The normalized spacial score (nSPS) is 21.7. The second-order valence-corrected chi connectivity index (χ2v) is 10.2. The van der Waals surface area contributed by atoms with Crippen molar-refractivity contribution in [3.8, 4) is 0 Å². The first-order valence-corrected chi connectivity index (χ1v) is 12.1. The minimum absolute atomic E-state index is 0.144. The smallest absolute Gasteiger partial charge is 0.243 e. The van der Waals surface area contributed by atoms with Crippen LogP contribution in [0.4, 0.5) is 0 Å². The van der Waals surface area contributed by atoms with Crippen molar-refractivity contribution in [2.45, 2.75) is 30.3 Å². The minimum Gasteiger partial charge on any atom is -0.337 e. The lowest BCUT2D eigenvalue weighted by molar-refractivity contribution is -0.132. The fraction of sp³-hybridized carbons (Fsp3) is 0.409. The van der Waals surface area contributed by atoms with Crippen LogP contribution >= 0.6 is 11.6 Å². The molecule has 2 aromatic rings. The number of amides is 1. The maximum absolute atomic E-state index is 13.0. The first-order chi connectivity index (χ1) is 14.4. The van der Waals surface area contributed by atoms with Gasteiger partial charge < -0.3 is 4.90 Å². The molecule has 0 aliphatic carbocycles. The number of carbonyl (C=O) groups excluding carboxylic acids is 1. The fourth-order valence-electron chi connectivity index (χ4n) is 4.26. The summed E-state index contributed by atoms with van der Waals surface area (Å²) in [7, 11) is -3.59. The molecule has 160 valence electrons. The molecule has 0 aromatic heterocycles. The van der Waals surface area contributed by atoms with E-state index in [1.807, 2.05) is 35.2 Å². The van der Waals surface area contributed by atoms with Crippen LogP contribution in [0.15, 0.2) is 59.5 Å². The Morgan fingerprint density at radius 3 is 2.50 bits per heavy atom. The molecule has 30 heavy (non-hydrogen) atoms. The summed E-state index contributed by atoms with van der Waals surface area (Å²) in [5, 5.41) is 0.405. The molecule has 2 aliphatic heterocycles. The second-order valence-electron chi connectivity index (χ2n) is 7.80. The van der Waals surface area contributed by atoms with Crippen LogP contribution in [-0.4, -0.2) is 67.2 Å². The summed E-state index contributed by atoms with van der Waals surface area (Å²) in [5.41, 5.74) is 1.13. The predicted octanol–water partition coefficient (Wildman–Crippen LogP) is 2.84. The molecule has 0 unspecified atom stereocenters. The van der Waals surface area contributed by atoms with Crippen molar-refractivity contribution in [1.29, 1.82) is 0 Å². The molecule has 8 heteroatoms. The Balaban J connectivity index is 1.40. The third-order valence-corrected chi connectivity index (χ3v) is 7.98. The van der Waals surface area contributed by atoms with E-state index in [-0.39, 0.29) is 16.8 Å². The van der Waals surface area contributed by atoms with E-state index in [9.17, 15) is 13.2 Å². The van der Waals surface area contributed by atoms with E-state index < -0.39 is 10.0 Å². The predicted molar refractivity (Wildman–Crippen MR) is 117 cm³/mol. The van der Waals surface area contributed by atoms with Gasteiger partial charge in [-0.25, -0.2) is 8.42 Å². The number of carbonyl (C=O) groups is 1. The summed E-state index contributed by atoms with van der Waals surface area (Å²) in [4.78, 5) is 17.3. The quantitative estimate of drug-likeness (QED) is 0.707. The molecule has 4 rings (SSSR count). The minimum atomic E-state index is -3.59. The maximum atomic E-state index is 13.0. The first-order valence-electron chi connectivity index (χ1n) is 10.3. The van der Waals surface area contributed by atoms with Crippen LogP contribution in [0.1, 0.15) is 18.4 Å². The van der Waals surface area contributed by atoms with Gasteiger partial charge in [-0.1, -0.05) is 48.0 Å². The van der Waals surface area contributed by atoms with E-state index in [4.69, 9.17) is 11.6 Å². The van der Waals surface area contributed by atoms with E-state index in [0.29, 0.717) is 37.6 Å². The molecule has 2 saturated heterocycles. The van der Waals surface area contributed by atoms with Crippen LogP contribution in [0, 0.1) is 0 Å². The Hall–Kier alpha value is -1.93. The summed E-state index contributed by atoms with van der Waals surface area (Å²) in [6.07, 6.45) is 1.48. The van der Waals surface area contributed by atoms with Gasteiger partial charge in [0, 0.05) is 44.3 Å². The van der Waals surface area contributed by atoms with E-state index in [0.717, 1.165) is 25.1 Å². The number of nitrogens with zero attached hydrogens (tertiary/aromatic N) is 3. The summed E-state index contributed by atoms with van der Waals surface area (Å²) in [6.45, 7) is 3.45. The van der Waals surface area contributed by atoms with E-state index in [1.165, 1.54) is 10.4 Å². The van der Waals surface area contributed by atoms with Gasteiger partial charge in [-0.2, -0.15) is 4.31 Å². The van der Waals surface area contributed by atoms with E-state index in [1.54, 1.807) is 18.2 Å². The summed E-state index contributed by atoms with van der Waals surface area (Å²) >= 11 is 5.99. The third kappa shape index (κ3) is 4.54. The van der Waals surface area contributed by atoms with Gasteiger partial charge in [0.2, 0.25) is 15.9 Å². The van der Waals surface area contributed by atoms with Crippen molar-refractivity contribution in [3.05, 3.63) is 65.2 Å². The lowest BCUT2D eigenvalue weighted by atomic mass is 10.2. The van der Waals surface area contributed by atoms with Gasteiger partial charge in [0.1, 0.15) is 0 Å². The summed E-state index contributed by atoms with van der Waals surface area (Å²) < 4.78 is 27.5. The topological polar surface area (TPSA) is 60.9 Å². The Bertz CT molecular complexity index is 1000. The molecule has 2 aromatic carbocycles. The molecular formula is C22H26ClN3O3S. The fourth-order valence-corrected chi connectivity index (χ4v) is 6.04. The highest BCUT2D eigenvalue weighted by Crippen LogP contribution is 2.24. The van der Waals surface area contributed by atoms with E-state index >= 15 is 0 Å². The van der Waals surface area contributed by atoms with Gasteiger partial charge in [0.25, 0.3) is 0 Å². The molecule has 6 nitrogen and oxygen atoms in total. The molecule has 2 fully saturated rings. The third-order valence-electron chi connectivity index (χ3n) is 5.85. The lowest BCUT2D eigenvalue weighted by Crippen LogP contribution is -2.44. The van der Waals surface area contributed by atoms with Crippen molar-refractivity contribution >= 4 is 27.5 Å². The standard InChI is InChI=1S/C22H26ClN3O3S/c23-19-8-4-9-20(16-19)30(28,29)26-12-5-11-24(14-15-26)21-10-13-25(22(21)27)17-18-6-2-1-3-7-18/h1-4,6-9,16,21H,5,10-15,17H2/t21-/m1/s1. The number of rotatable bonds is 5. The van der Waals surface area contributed by atoms with Gasteiger partial charge in [-0.3, -0.25) is 9.69 Å². The Morgan fingerprint density at radius 2 is 1.73 bits per heavy atom. The van der Waals surface area contributed by atoms with Crippen LogP contribution in [0.2, 0.25) is 5.02 Å². The molecule has 0 saturated carbocycles. The lowest BCUT2D eigenvalue weighted by Gasteiger charge is -2.26. The average Bonchev–Trinajstić information content (AvgIpc) is 2.94. The molecule has 2 heterocycles. The van der Waals surface area contributed by atoms with Crippen molar-refractivity contribution in [2.75, 3.05) is 32.7 Å². The zero-order valence-electron chi connectivity index (χ0n) is 16.8. The monoisotopic (exact) mass is 447 g/mol. The van der Waals surface area contributed by atoms with Crippen molar-refractivity contribution in [2.24, 2.45) is 0 Å². The van der Waals surface area contributed by atoms with Crippen LogP contribution in [-0.2, 0) is 21.4 Å². The Morgan fingerprint density at radius 1 is 0.933 bits per heavy atom.